The van der Waals surface area contributed by atoms with Crippen molar-refractivity contribution in [2.75, 3.05) is 13.2 Å². The van der Waals surface area contributed by atoms with Crippen LogP contribution in [-0.4, -0.2) is 24.2 Å². The van der Waals surface area contributed by atoms with Gasteiger partial charge in [-0.3, -0.25) is 10.7 Å². The number of hydrazine groups is 1. The Hall–Kier alpha value is -0.120. The van der Waals surface area contributed by atoms with Crippen LogP contribution < -0.4 is 11.3 Å². The molecule has 1 fully saturated rings. The molecule has 11 heavy (non-hydrogen) atoms. The second kappa shape index (κ2) is 4.70. The number of hydrogen-bond donors (Lipinski definition) is 2. The first-order valence-electron chi connectivity index (χ1n) is 4.56. The summed E-state index contributed by atoms with van der Waals surface area (Å²) in [6.45, 7) is 4.31. The number of likely N-dealkylation sites (tertiary alicyclic amines) is 1. The van der Waals surface area contributed by atoms with Crippen molar-refractivity contribution in [3.8, 4) is 0 Å². The Kier molecular flexibility index (Phi) is 3.83. The molecule has 3 N–H and O–H groups in total. The molecule has 1 saturated heterocycles. The summed E-state index contributed by atoms with van der Waals surface area (Å²) in [4.78, 5) is 2.43. The van der Waals surface area contributed by atoms with Crippen molar-refractivity contribution in [3.05, 3.63) is 0 Å². The quantitative estimate of drug-likeness (QED) is 0.467. The van der Waals surface area contributed by atoms with Gasteiger partial charge in [-0.2, -0.15) is 0 Å². The van der Waals surface area contributed by atoms with E-state index in [0.29, 0.717) is 0 Å². The van der Waals surface area contributed by atoms with Crippen LogP contribution in [0.15, 0.2) is 0 Å². The van der Waals surface area contributed by atoms with Crippen molar-refractivity contribution < 1.29 is 0 Å². The lowest BCUT2D eigenvalue weighted by Gasteiger charge is -2.34. The van der Waals surface area contributed by atoms with E-state index in [1.165, 1.54) is 32.2 Å². The maximum absolute atomic E-state index is 5.28. The Labute approximate surface area is 68.9 Å². The predicted molar refractivity (Wildman–Crippen MR) is 46.8 cm³/mol. The standard InChI is InChI=1S/C8H19N3/c1-2-8-5-3-4-6-11(8)7-10-9/h8,10H,2-7,9H2,1H3. The molecule has 1 aliphatic heterocycles. The second-order valence-electron chi connectivity index (χ2n) is 3.23. The summed E-state index contributed by atoms with van der Waals surface area (Å²) in [5.74, 6) is 5.28. The molecule has 0 aromatic carbocycles. The Morgan fingerprint density at radius 3 is 3.00 bits per heavy atom. The van der Waals surface area contributed by atoms with Crippen LogP contribution in [0.4, 0.5) is 0 Å². The number of rotatable bonds is 3. The Balaban J connectivity index is 2.31. The molecule has 1 heterocycles. The zero-order chi connectivity index (χ0) is 8.10. The fraction of sp³-hybridized carbons (Fsp3) is 1.00. The molecule has 0 saturated carbocycles. The molecule has 1 atom stereocenters. The zero-order valence-corrected chi connectivity index (χ0v) is 7.34. The summed E-state index contributed by atoms with van der Waals surface area (Å²) in [5.41, 5.74) is 2.73. The van der Waals surface area contributed by atoms with Crippen LogP contribution in [0.5, 0.6) is 0 Å². The zero-order valence-electron chi connectivity index (χ0n) is 7.34. The second-order valence-corrected chi connectivity index (χ2v) is 3.23. The molecule has 0 spiro atoms. The number of nitrogens with zero attached hydrogens (tertiary/aromatic N) is 1. The first kappa shape index (κ1) is 8.97. The Morgan fingerprint density at radius 2 is 2.36 bits per heavy atom. The molecule has 66 valence electrons. The van der Waals surface area contributed by atoms with E-state index in [0.717, 1.165) is 12.7 Å². The topological polar surface area (TPSA) is 41.3 Å². The molecule has 0 aromatic rings. The van der Waals surface area contributed by atoms with Crippen LogP contribution >= 0.6 is 0 Å². The number of nitrogens with two attached hydrogens (primary N) is 1. The van der Waals surface area contributed by atoms with Crippen molar-refractivity contribution in [1.82, 2.24) is 10.3 Å². The molecule has 1 rings (SSSR count). The molecular formula is C8H19N3. The molecule has 1 aliphatic rings. The van der Waals surface area contributed by atoms with Crippen molar-refractivity contribution in [3.63, 3.8) is 0 Å². The van der Waals surface area contributed by atoms with Gasteiger partial charge < -0.3 is 0 Å². The minimum absolute atomic E-state index is 0.764. The van der Waals surface area contributed by atoms with Gasteiger partial charge in [0, 0.05) is 6.04 Å². The first-order valence-corrected chi connectivity index (χ1v) is 4.56. The van der Waals surface area contributed by atoms with Gasteiger partial charge in [0.15, 0.2) is 0 Å². The Morgan fingerprint density at radius 1 is 1.55 bits per heavy atom. The third-order valence-corrected chi connectivity index (χ3v) is 2.51. The van der Waals surface area contributed by atoms with Gasteiger partial charge in [-0.15, -0.1) is 0 Å². The predicted octanol–water partition coefficient (Wildman–Crippen LogP) is 0.672. The molecule has 0 aromatic heterocycles. The summed E-state index contributed by atoms with van der Waals surface area (Å²) >= 11 is 0. The van der Waals surface area contributed by atoms with Crippen LogP contribution in [0.25, 0.3) is 0 Å². The molecule has 3 nitrogen and oxygen atoms in total. The summed E-state index contributed by atoms with van der Waals surface area (Å²) in [5, 5.41) is 0. The molecule has 1 unspecified atom stereocenters. The molecule has 0 amide bonds. The highest BCUT2D eigenvalue weighted by Crippen LogP contribution is 2.17. The van der Waals surface area contributed by atoms with Crippen molar-refractivity contribution in [2.45, 2.75) is 38.6 Å². The highest BCUT2D eigenvalue weighted by Gasteiger charge is 2.19. The summed E-state index contributed by atoms with van der Waals surface area (Å²) in [6.07, 6.45) is 5.32. The highest BCUT2D eigenvalue weighted by atomic mass is 15.3. The van der Waals surface area contributed by atoms with E-state index in [-0.39, 0.29) is 0 Å². The average Bonchev–Trinajstić information content (AvgIpc) is 2.06. The minimum atomic E-state index is 0.764. The van der Waals surface area contributed by atoms with E-state index >= 15 is 0 Å². The van der Waals surface area contributed by atoms with Crippen LogP contribution in [0.1, 0.15) is 32.6 Å². The largest absolute Gasteiger partial charge is 0.287 e. The van der Waals surface area contributed by atoms with Gasteiger partial charge in [-0.1, -0.05) is 13.3 Å². The number of nitrogens with one attached hydrogen (secondary N) is 1. The third-order valence-electron chi connectivity index (χ3n) is 2.51. The van der Waals surface area contributed by atoms with Gasteiger partial charge in [-0.05, 0) is 25.8 Å². The van der Waals surface area contributed by atoms with E-state index in [9.17, 15) is 0 Å². The fourth-order valence-corrected chi connectivity index (χ4v) is 1.85. The van der Waals surface area contributed by atoms with Gasteiger partial charge in [0.05, 0.1) is 6.67 Å². The van der Waals surface area contributed by atoms with Gasteiger partial charge in [-0.25, -0.2) is 5.43 Å². The van der Waals surface area contributed by atoms with Gasteiger partial charge >= 0.3 is 0 Å². The van der Waals surface area contributed by atoms with Crippen molar-refractivity contribution >= 4 is 0 Å². The van der Waals surface area contributed by atoms with Crippen LogP contribution in [0, 0.1) is 0 Å². The minimum Gasteiger partial charge on any atom is -0.287 e. The summed E-state index contributed by atoms with van der Waals surface area (Å²) in [7, 11) is 0. The lowest BCUT2D eigenvalue weighted by molar-refractivity contribution is 0.133. The molecule has 0 bridgehead atoms. The lowest BCUT2D eigenvalue weighted by atomic mass is 10.0. The molecule has 0 radical (unpaired) electrons. The van der Waals surface area contributed by atoms with Crippen LogP contribution in [-0.2, 0) is 0 Å². The smallest absolute Gasteiger partial charge is 0.0614 e. The van der Waals surface area contributed by atoms with E-state index in [1.807, 2.05) is 0 Å². The molecule has 0 aliphatic carbocycles. The summed E-state index contributed by atoms with van der Waals surface area (Å²) < 4.78 is 0. The monoisotopic (exact) mass is 157 g/mol. The van der Waals surface area contributed by atoms with Crippen LogP contribution in [0.3, 0.4) is 0 Å². The summed E-state index contributed by atoms with van der Waals surface area (Å²) in [6, 6.07) is 0.764. The fourth-order valence-electron chi connectivity index (χ4n) is 1.85. The number of piperidine rings is 1. The van der Waals surface area contributed by atoms with E-state index in [2.05, 4.69) is 17.2 Å². The van der Waals surface area contributed by atoms with Crippen molar-refractivity contribution in [1.29, 1.82) is 0 Å². The van der Waals surface area contributed by atoms with E-state index < -0.39 is 0 Å². The number of hydrogen-bond acceptors (Lipinski definition) is 3. The third kappa shape index (κ3) is 2.43. The molecular weight excluding hydrogens is 138 g/mol. The average molecular weight is 157 g/mol. The maximum atomic E-state index is 5.28. The van der Waals surface area contributed by atoms with Gasteiger partial charge in [0.25, 0.3) is 0 Å². The Bertz CT molecular complexity index is 104. The normalized spacial score (nSPS) is 27.3. The SMILES string of the molecule is CCC1CCCCN1CNN. The van der Waals surface area contributed by atoms with E-state index in [1.54, 1.807) is 0 Å². The first-order chi connectivity index (χ1) is 5.38. The maximum Gasteiger partial charge on any atom is 0.0614 e. The highest BCUT2D eigenvalue weighted by molar-refractivity contribution is 4.74. The van der Waals surface area contributed by atoms with Gasteiger partial charge in [0.1, 0.15) is 0 Å². The lowest BCUT2D eigenvalue weighted by Crippen LogP contribution is -2.46. The van der Waals surface area contributed by atoms with Crippen molar-refractivity contribution in [2.24, 2.45) is 5.84 Å². The molecule has 3 heteroatoms. The van der Waals surface area contributed by atoms with Gasteiger partial charge in [0.2, 0.25) is 0 Å². The van der Waals surface area contributed by atoms with Crippen LogP contribution in [0.2, 0.25) is 0 Å². The van der Waals surface area contributed by atoms with E-state index in [4.69, 9.17) is 5.84 Å².